The zero-order valence-electron chi connectivity index (χ0n) is 10.4. The number of rotatable bonds is 2. The molecule has 3 heteroatoms. The lowest BCUT2D eigenvalue weighted by Gasteiger charge is -2.03. The number of hydrogen-bond donors (Lipinski definition) is 0. The van der Waals surface area contributed by atoms with Crippen molar-refractivity contribution in [2.75, 3.05) is 0 Å². The minimum absolute atomic E-state index is 0.251. The molecule has 0 radical (unpaired) electrons. The van der Waals surface area contributed by atoms with Gasteiger partial charge in [-0.3, -0.25) is 0 Å². The van der Waals surface area contributed by atoms with Gasteiger partial charge in [0.25, 0.3) is 0 Å². The number of aromatic nitrogens is 1. The predicted octanol–water partition coefficient (Wildman–Crippen LogP) is 4.46. The summed E-state index contributed by atoms with van der Waals surface area (Å²) in [6, 6.07) is 16.1. The molecule has 94 valence electrons. The SMILES string of the molecule is Cc1noc(-c2ccccc2)c1-c1ccc(F)cc1. The van der Waals surface area contributed by atoms with Crippen LogP contribution >= 0.6 is 0 Å². The summed E-state index contributed by atoms with van der Waals surface area (Å²) in [6.07, 6.45) is 0. The van der Waals surface area contributed by atoms with Crippen LogP contribution in [0.4, 0.5) is 4.39 Å². The molecule has 0 saturated heterocycles. The first-order valence-corrected chi connectivity index (χ1v) is 6.03. The van der Waals surface area contributed by atoms with Crippen LogP contribution < -0.4 is 0 Å². The number of aryl methyl sites for hydroxylation is 1. The van der Waals surface area contributed by atoms with E-state index in [-0.39, 0.29) is 5.82 Å². The Bertz CT molecular complexity index is 687. The zero-order chi connectivity index (χ0) is 13.2. The molecule has 19 heavy (non-hydrogen) atoms. The van der Waals surface area contributed by atoms with Gasteiger partial charge in [0.2, 0.25) is 0 Å². The van der Waals surface area contributed by atoms with Crippen LogP contribution in [0.1, 0.15) is 5.69 Å². The van der Waals surface area contributed by atoms with Crippen molar-refractivity contribution < 1.29 is 8.91 Å². The molecule has 1 heterocycles. The van der Waals surface area contributed by atoms with Crippen molar-refractivity contribution in [1.82, 2.24) is 5.16 Å². The summed E-state index contributed by atoms with van der Waals surface area (Å²) in [4.78, 5) is 0. The highest BCUT2D eigenvalue weighted by Gasteiger charge is 2.16. The predicted molar refractivity (Wildman–Crippen MR) is 72.1 cm³/mol. The third-order valence-corrected chi connectivity index (χ3v) is 3.03. The van der Waals surface area contributed by atoms with Gasteiger partial charge in [-0.1, -0.05) is 47.6 Å². The monoisotopic (exact) mass is 253 g/mol. The molecule has 1 aromatic heterocycles. The molecule has 0 saturated carbocycles. The van der Waals surface area contributed by atoms with Gasteiger partial charge in [-0.15, -0.1) is 0 Å². The van der Waals surface area contributed by atoms with Gasteiger partial charge in [0.15, 0.2) is 5.76 Å². The van der Waals surface area contributed by atoms with Gasteiger partial charge in [-0.25, -0.2) is 4.39 Å². The largest absolute Gasteiger partial charge is 0.355 e. The quantitative estimate of drug-likeness (QED) is 0.674. The second kappa shape index (κ2) is 4.69. The third kappa shape index (κ3) is 2.15. The van der Waals surface area contributed by atoms with Crippen molar-refractivity contribution in [2.24, 2.45) is 0 Å². The van der Waals surface area contributed by atoms with Gasteiger partial charge in [-0.05, 0) is 24.6 Å². The van der Waals surface area contributed by atoms with Crippen molar-refractivity contribution in [1.29, 1.82) is 0 Å². The Kier molecular flexibility index (Phi) is 2.88. The molecule has 0 aliphatic heterocycles. The highest BCUT2D eigenvalue weighted by atomic mass is 19.1. The van der Waals surface area contributed by atoms with Gasteiger partial charge < -0.3 is 4.52 Å². The molecule has 0 spiro atoms. The molecule has 3 rings (SSSR count). The average Bonchev–Trinajstić information content (AvgIpc) is 2.83. The van der Waals surface area contributed by atoms with Crippen molar-refractivity contribution in [3.05, 3.63) is 66.1 Å². The van der Waals surface area contributed by atoms with E-state index in [0.29, 0.717) is 5.76 Å². The van der Waals surface area contributed by atoms with Crippen LogP contribution in [0.15, 0.2) is 59.1 Å². The average molecular weight is 253 g/mol. The summed E-state index contributed by atoms with van der Waals surface area (Å²) in [7, 11) is 0. The molecule has 0 aliphatic rings. The first-order valence-electron chi connectivity index (χ1n) is 6.03. The molecular weight excluding hydrogens is 241 g/mol. The van der Waals surface area contributed by atoms with Crippen molar-refractivity contribution in [2.45, 2.75) is 6.92 Å². The number of nitrogens with zero attached hydrogens (tertiary/aromatic N) is 1. The fourth-order valence-corrected chi connectivity index (χ4v) is 2.11. The first kappa shape index (κ1) is 11.7. The van der Waals surface area contributed by atoms with Crippen LogP contribution in [0.5, 0.6) is 0 Å². The second-order valence-electron chi connectivity index (χ2n) is 4.35. The molecule has 3 aromatic rings. The van der Waals surface area contributed by atoms with E-state index in [1.165, 1.54) is 12.1 Å². The molecular formula is C16H12FNO. The molecule has 2 nitrogen and oxygen atoms in total. The van der Waals surface area contributed by atoms with Crippen LogP contribution in [-0.2, 0) is 0 Å². The molecule has 2 aromatic carbocycles. The fourth-order valence-electron chi connectivity index (χ4n) is 2.11. The lowest BCUT2D eigenvalue weighted by molar-refractivity contribution is 0.427. The van der Waals surface area contributed by atoms with Gasteiger partial charge >= 0.3 is 0 Å². The summed E-state index contributed by atoms with van der Waals surface area (Å²) in [5.74, 6) is 0.462. The first-order chi connectivity index (χ1) is 9.25. The van der Waals surface area contributed by atoms with Gasteiger partial charge in [-0.2, -0.15) is 0 Å². The minimum atomic E-state index is -0.251. The van der Waals surface area contributed by atoms with Gasteiger partial charge in [0.1, 0.15) is 5.82 Å². The van der Waals surface area contributed by atoms with Gasteiger partial charge in [0, 0.05) is 5.56 Å². The van der Waals surface area contributed by atoms with Crippen LogP contribution in [0, 0.1) is 12.7 Å². The third-order valence-electron chi connectivity index (χ3n) is 3.03. The van der Waals surface area contributed by atoms with E-state index in [1.54, 1.807) is 12.1 Å². The molecule has 0 aliphatic carbocycles. The van der Waals surface area contributed by atoms with Crippen molar-refractivity contribution in [3.8, 4) is 22.5 Å². The summed E-state index contributed by atoms with van der Waals surface area (Å²) < 4.78 is 18.4. The smallest absolute Gasteiger partial charge is 0.174 e. The Labute approximate surface area is 110 Å². The molecule has 0 N–H and O–H groups in total. The summed E-state index contributed by atoms with van der Waals surface area (Å²) in [6.45, 7) is 1.88. The lowest BCUT2D eigenvalue weighted by Crippen LogP contribution is -1.83. The van der Waals surface area contributed by atoms with Crippen LogP contribution in [0.3, 0.4) is 0 Å². The van der Waals surface area contributed by atoms with E-state index in [4.69, 9.17) is 4.52 Å². The van der Waals surface area contributed by atoms with E-state index in [9.17, 15) is 4.39 Å². The zero-order valence-corrected chi connectivity index (χ0v) is 10.4. The number of benzene rings is 2. The maximum atomic E-state index is 13.0. The Hall–Kier alpha value is -2.42. The molecule has 0 atom stereocenters. The van der Waals surface area contributed by atoms with Crippen LogP contribution in [0.2, 0.25) is 0 Å². The van der Waals surface area contributed by atoms with Crippen LogP contribution in [0.25, 0.3) is 22.5 Å². The van der Waals surface area contributed by atoms with E-state index in [1.807, 2.05) is 37.3 Å². The topological polar surface area (TPSA) is 26.0 Å². The summed E-state index contributed by atoms with van der Waals surface area (Å²) in [5.41, 5.74) is 3.57. The fraction of sp³-hybridized carbons (Fsp3) is 0.0625. The highest BCUT2D eigenvalue weighted by Crippen LogP contribution is 2.34. The van der Waals surface area contributed by atoms with E-state index < -0.39 is 0 Å². The standard InChI is InChI=1S/C16H12FNO/c1-11-15(12-7-9-14(17)10-8-12)16(19-18-11)13-5-3-2-4-6-13/h2-10H,1H3. The Morgan fingerprint density at radius 2 is 1.58 bits per heavy atom. The van der Waals surface area contributed by atoms with Crippen molar-refractivity contribution >= 4 is 0 Å². The van der Waals surface area contributed by atoms with Gasteiger partial charge in [0.05, 0.1) is 11.3 Å². The van der Waals surface area contributed by atoms with Crippen LogP contribution in [-0.4, -0.2) is 5.16 Å². The summed E-state index contributed by atoms with van der Waals surface area (Å²) in [5, 5.41) is 4.02. The maximum Gasteiger partial charge on any atom is 0.174 e. The van der Waals surface area contributed by atoms with E-state index in [2.05, 4.69) is 5.16 Å². The molecule has 0 amide bonds. The molecule has 0 bridgehead atoms. The lowest BCUT2D eigenvalue weighted by atomic mass is 10.00. The van der Waals surface area contributed by atoms with E-state index >= 15 is 0 Å². The normalized spacial score (nSPS) is 10.6. The minimum Gasteiger partial charge on any atom is -0.355 e. The Balaban J connectivity index is 2.17. The molecule has 0 fully saturated rings. The Morgan fingerprint density at radius 1 is 0.895 bits per heavy atom. The second-order valence-corrected chi connectivity index (χ2v) is 4.35. The maximum absolute atomic E-state index is 13.0. The Morgan fingerprint density at radius 3 is 2.26 bits per heavy atom. The highest BCUT2D eigenvalue weighted by molar-refractivity contribution is 5.81. The van der Waals surface area contributed by atoms with Crippen molar-refractivity contribution in [3.63, 3.8) is 0 Å². The van der Waals surface area contributed by atoms with E-state index in [0.717, 1.165) is 22.4 Å². The number of hydrogen-bond acceptors (Lipinski definition) is 2. The summed E-state index contributed by atoms with van der Waals surface area (Å²) >= 11 is 0. The number of halogens is 1. The molecule has 0 unspecified atom stereocenters.